The fraction of sp³-hybridized carbons (Fsp3) is 0.133. The second-order valence-electron chi connectivity index (χ2n) is 3.30. The Labute approximate surface area is 104 Å². The molecule has 2 aromatic carbocycles. The van der Waals surface area contributed by atoms with Gasteiger partial charge < -0.3 is 0 Å². The van der Waals surface area contributed by atoms with Gasteiger partial charge >= 0.3 is 0 Å². The maximum Gasteiger partial charge on any atom is 0.0626 e. The SMILES string of the molecule is [2H]c1c([2H])c([2H])c(CCN=Cc2ccccc2)c([2H])c1[2H]. The normalized spacial score (nSPS) is 15.1. The van der Waals surface area contributed by atoms with Crippen LogP contribution in [0.2, 0.25) is 0 Å². The number of hydrogen-bond acceptors (Lipinski definition) is 1. The molecule has 16 heavy (non-hydrogen) atoms. The van der Waals surface area contributed by atoms with Crippen molar-refractivity contribution in [3.8, 4) is 0 Å². The first-order valence-electron chi connectivity index (χ1n) is 7.63. The van der Waals surface area contributed by atoms with E-state index in [1.54, 1.807) is 6.21 Å². The third-order valence-electron chi connectivity index (χ3n) is 2.08. The molecule has 2 aromatic rings. The van der Waals surface area contributed by atoms with Crippen molar-refractivity contribution in [3.63, 3.8) is 0 Å². The average molecular weight is 214 g/mol. The zero-order valence-electron chi connectivity index (χ0n) is 13.8. The Hall–Kier alpha value is -1.89. The summed E-state index contributed by atoms with van der Waals surface area (Å²) in [5, 5.41) is 0. The summed E-state index contributed by atoms with van der Waals surface area (Å²) in [6.07, 6.45) is 2.04. The Morgan fingerprint density at radius 1 is 1.06 bits per heavy atom. The smallest absolute Gasteiger partial charge is 0.0626 e. The van der Waals surface area contributed by atoms with Crippen molar-refractivity contribution in [1.82, 2.24) is 0 Å². The van der Waals surface area contributed by atoms with Gasteiger partial charge in [0.05, 0.1) is 6.85 Å². The van der Waals surface area contributed by atoms with E-state index in [9.17, 15) is 0 Å². The van der Waals surface area contributed by atoms with Crippen molar-refractivity contribution >= 4 is 6.21 Å². The summed E-state index contributed by atoms with van der Waals surface area (Å²) < 4.78 is 38.4. The van der Waals surface area contributed by atoms with E-state index in [0.29, 0.717) is 18.5 Å². The predicted octanol–water partition coefficient (Wildman–Crippen LogP) is 3.35. The molecule has 0 saturated carbocycles. The van der Waals surface area contributed by atoms with Gasteiger partial charge in [0, 0.05) is 12.8 Å². The third-order valence-corrected chi connectivity index (χ3v) is 2.08. The molecule has 0 heterocycles. The Kier molecular flexibility index (Phi) is 2.20. The number of benzene rings is 2. The molecule has 0 atom stereocenters. The summed E-state index contributed by atoms with van der Waals surface area (Å²) in [4.78, 5) is 4.24. The molecular weight excluding hydrogens is 194 g/mol. The first-order chi connectivity index (χ1) is 10.0. The molecule has 0 unspecified atom stereocenters. The highest BCUT2D eigenvalue weighted by molar-refractivity contribution is 5.79. The molecule has 0 aromatic heterocycles. The maximum atomic E-state index is 7.81. The van der Waals surface area contributed by atoms with E-state index in [4.69, 9.17) is 6.85 Å². The molecule has 80 valence electrons. The minimum atomic E-state index is -0.360. The molecule has 0 spiro atoms. The van der Waals surface area contributed by atoms with Crippen molar-refractivity contribution in [2.75, 3.05) is 6.54 Å². The van der Waals surface area contributed by atoms with Gasteiger partial charge in [0.1, 0.15) is 0 Å². The van der Waals surface area contributed by atoms with Crippen LogP contribution in [0, 0.1) is 0 Å². The number of hydrogen-bond donors (Lipinski definition) is 0. The van der Waals surface area contributed by atoms with E-state index in [1.165, 1.54) is 0 Å². The second-order valence-corrected chi connectivity index (χ2v) is 3.30. The minimum Gasteiger partial charge on any atom is -0.292 e. The summed E-state index contributed by atoms with van der Waals surface area (Å²) >= 11 is 0. The molecule has 0 amide bonds. The minimum absolute atomic E-state index is 0.143. The molecular formula is C15H15N. The van der Waals surface area contributed by atoms with E-state index < -0.39 is 0 Å². The predicted molar refractivity (Wildman–Crippen MR) is 69.0 cm³/mol. The van der Waals surface area contributed by atoms with Crippen molar-refractivity contribution < 1.29 is 6.85 Å². The van der Waals surface area contributed by atoms with E-state index in [0.717, 1.165) is 5.56 Å². The summed E-state index contributed by atoms with van der Waals surface area (Å²) in [5.41, 5.74) is 1.28. The van der Waals surface area contributed by atoms with Gasteiger partial charge in [-0.05, 0) is 17.5 Å². The Balaban J connectivity index is 2.13. The van der Waals surface area contributed by atoms with Crippen LogP contribution in [-0.2, 0) is 6.42 Å². The third kappa shape index (κ3) is 3.35. The van der Waals surface area contributed by atoms with Crippen LogP contribution in [0.5, 0.6) is 0 Å². The highest BCUT2D eigenvalue weighted by Gasteiger charge is 1.89. The summed E-state index contributed by atoms with van der Waals surface area (Å²) in [6, 6.07) is 8.37. The van der Waals surface area contributed by atoms with Gasteiger partial charge in [0.25, 0.3) is 0 Å². The standard InChI is InChI=1S/C15H15N/c1-3-7-14(8-4-1)11-12-16-13-15-9-5-2-6-10-15/h1-10,13H,11-12H2/i1D,3D,4D,7D,8D. The molecule has 0 fully saturated rings. The van der Waals surface area contributed by atoms with Gasteiger partial charge in [-0.3, -0.25) is 4.99 Å². The van der Waals surface area contributed by atoms with Crippen molar-refractivity contribution in [3.05, 3.63) is 71.7 Å². The zero-order chi connectivity index (χ0) is 15.4. The Morgan fingerprint density at radius 2 is 1.81 bits per heavy atom. The summed E-state index contributed by atoms with van der Waals surface area (Å²) in [6.45, 7) is 0.378. The van der Waals surface area contributed by atoms with Gasteiger partial charge in [0.2, 0.25) is 0 Å². The second kappa shape index (κ2) is 5.86. The van der Waals surface area contributed by atoms with Gasteiger partial charge in [-0.25, -0.2) is 0 Å². The number of rotatable bonds is 4. The fourth-order valence-electron chi connectivity index (χ4n) is 1.29. The van der Waals surface area contributed by atoms with Gasteiger partial charge in [-0.2, -0.15) is 0 Å². The van der Waals surface area contributed by atoms with Crippen LogP contribution in [0.1, 0.15) is 18.0 Å². The summed E-state index contributed by atoms with van der Waals surface area (Å²) in [5.74, 6) is 0. The van der Waals surface area contributed by atoms with E-state index >= 15 is 0 Å². The van der Waals surface area contributed by atoms with Gasteiger partial charge in [-0.1, -0.05) is 60.5 Å². The monoisotopic (exact) mass is 214 g/mol. The van der Waals surface area contributed by atoms with Crippen LogP contribution in [0.3, 0.4) is 0 Å². The highest BCUT2D eigenvalue weighted by Crippen LogP contribution is 2.00. The molecule has 0 aliphatic heterocycles. The molecule has 1 heteroatoms. The molecule has 0 saturated heterocycles. The van der Waals surface area contributed by atoms with Crippen molar-refractivity contribution in [1.29, 1.82) is 0 Å². The number of aliphatic imine (C=N–C) groups is 1. The van der Waals surface area contributed by atoms with Gasteiger partial charge in [-0.15, -0.1) is 0 Å². The highest BCUT2D eigenvalue weighted by atomic mass is 14.7. The zero-order valence-corrected chi connectivity index (χ0v) is 8.83. The average Bonchev–Trinajstić information content (AvgIpc) is 2.51. The lowest BCUT2D eigenvalue weighted by molar-refractivity contribution is 0.973. The van der Waals surface area contributed by atoms with E-state index in [2.05, 4.69) is 4.99 Å². The lowest BCUT2D eigenvalue weighted by Crippen LogP contribution is -1.90. The largest absolute Gasteiger partial charge is 0.292 e. The Morgan fingerprint density at radius 3 is 2.56 bits per heavy atom. The molecule has 1 nitrogen and oxygen atoms in total. The molecule has 0 radical (unpaired) electrons. The Bertz CT molecular complexity index is 639. The van der Waals surface area contributed by atoms with E-state index in [-0.39, 0.29) is 30.2 Å². The number of nitrogens with zero attached hydrogens (tertiary/aromatic N) is 1. The van der Waals surface area contributed by atoms with E-state index in [1.807, 2.05) is 30.3 Å². The van der Waals surface area contributed by atoms with Crippen LogP contribution < -0.4 is 0 Å². The van der Waals surface area contributed by atoms with Crippen LogP contribution in [0.25, 0.3) is 0 Å². The fourth-order valence-corrected chi connectivity index (χ4v) is 1.29. The van der Waals surface area contributed by atoms with Crippen molar-refractivity contribution in [2.45, 2.75) is 6.42 Å². The first-order valence-corrected chi connectivity index (χ1v) is 5.13. The first kappa shape index (κ1) is 6.00. The molecule has 2 rings (SSSR count). The lowest BCUT2D eigenvalue weighted by atomic mass is 10.1. The molecule has 0 N–H and O–H groups in total. The van der Waals surface area contributed by atoms with Crippen LogP contribution in [0.4, 0.5) is 0 Å². The lowest BCUT2D eigenvalue weighted by Gasteiger charge is -1.96. The van der Waals surface area contributed by atoms with Gasteiger partial charge in [0.15, 0.2) is 0 Å². The molecule has 0 aliphatic carbocycles. The van der Waals surface area contributed by atoms with Crippen LogP contribution in [-0.4, -0.2) is 12.8 Å². The quantitative estimate of drug-likeness (QED) is 0.692. The maximum absolute atomic E-state index is 7.81. The van der Waals surface area contributed by atoms with Crippen LogP contribution >= 0.6 is 0 Å². The molecule has 0 aliphatic rings. The summed E-state index contributed by atoms with van der Waals surface area (Å²) in [7, 11) is 0. The molecule has 0 bridgehead atoms. The van der Waals surface area contributed by atoms with Crippen LogP contribution in [0.15, 0.2) is 65.5 Å². The van der Waals surface area contributed by atoms with Crippen molar-refractivity contribution in [2.24, 2.45) is 4.99 Å². The topological polar surface area (TPSA) is 12.4 Å².